The smallest absolute Gasteiger partial charge is 0.246 e. The van der Waals surface area contributed by atoms with Crippen LogP contribution in [0.15, 0.2) is 42.5 Å². The van der Waals surface area contributed by atoms with Crippen molar-refractivity contribution in [1.29, 1.82) is 0 Å². The molecule has 5 aliphatic rings. The molecule has 1 spiro atoms. The van der Waals surface area contributed by atoms with E-state index in [1.54, 1.807) is 0 Å². The Hall–Kier alpha value is -2.67. The lowest BCUT2D eigenvalue weighted by Gasteiger charge is -2.36. The number of nitrogens with zero attached hydrogens (tertiary/aromatic N) is 1. The van der Waals surface area contributed by atoms with Crippen molar-refractivity contribution in [3.8, 4) is 0 Å². The minimum Gasteiger partial charge on any atom is -0.359 e. The molecule has 180 valence electrons. The van der Waals surface area contributed by atoms with Gasteiger partial charge in [0.25, 0.3) is 0 Å². The number of carbonyl (C=O) groups is 3. The van der Waals surface area contributed by atoms with E-state index in [0.29, 0.717) is 5.69 Å². The summed E-state index contributed by atoms with van der Waals surface area (Å²) in [4.78, 5) is 43.0. The Bertz CT molecular complexity index is 998. The van der Waals surface area contributed by atoms with E-state index in [4.69, 9.17) is 4.74 Å². The third-order valence-corrected chi connectivity index (χ3v) is 8.57. The van der Waals surface area contributed by atoms with Crippen molar-refractivity contribution in [2.24, 2.45) is 11.8 Å². The standard InChI is InChI=1S/C27H33N3O4/c31-24(28-17-9-3-1-4-10-17)21-20-15-16-27(34-20)22(21)26(33)30(19-13-7-8-14-19)23(27)25(32)29-18-11-5-2-6-12-18/h1,3-4,9-10,15-16,18-23H,2,5-8,11-14H2,(H,28,31)(H,29,32)/t20-,21-,22-,23+,27-/m0/s1. The molecule has 2 aliphatic carbocycles. The van der Waals surface area contributed by atoms with Crippen LogP contribution < -0.4 is 10.6 Å². The Balaban J connectivity index is 1.32. The van der Waals surface area contributed by atoms with Gasteiger partial charge in [-0.15, -0.1) is 0 Å². The fourth-order valence-corrected chi connectivity index (χ4v) is 7.06. The van der Waals surface area contributed by atoms with Crippen LogP contribution in [0.5, 0.6) is 0 Å². The second kappa shape index (κ2) is 8.52. The van der Waals surface area contributed by atoms with Gasteiger partial charge in [-0.05, 0) is 37.8 Å². The van der Waals surface area contributed by atoms with Crippen molar-refractivity contribution in [3.63, 3.8) is 0 Å². The zero-order valence-electron chi connectivity index (χ0n) is 19.4. The van der Waals surface area contributed by atoms with E-state index in [1.165, 1.54) is 6.42 Å². The van der Waals surface area contributed by atoms with E-state index < -0.39 is 29.6 Å². The van der Waals surface area contributed by atoms with Crippen molar-refractivity contribution in [3.05, 3.63) is 42.5 Å². The highest BCUT2D eigenvalue weighted by molar-refractivity contribution is 6.03. The number of fused-ring (bicyclic) bond motifs is 1. The van der Waals surface area contributed by atoms with E-state index in [9.17, 15) is 14.4 Å². The van der Waals surface area contributed by atoms with Gasteiger partial charge in [-0.1, -0.05) is 62.5 Å². The molecular weight excluding hydrogens is 430 g/mol. The van der Waals surface area contributed by atoms with Crippen LogP contribution >= 0.6 is 0 Å². The van der Waals surface area contributed by atoms with Gasteiger partial charge in [0.1, 0.15) is 11.6 Å². The van der Waals surface area contributed by atoms with Gasteiger partial charge in [-0.25, -0.2) is 0 Å². The van der Waals surface area contributed by atoms with Crippen LogP contribution in [0.2, 0.25) is 0 Å². The summed E-state index contributed by atoms with van der Waals surface area (Å²) in [7, 11) is 0. The van der Waals surface area contributed by atoms with E-state index in [2.05, 4.69) is 10.6 Å². The predicted molar refractivity (Wildman–Crippen MR) is 127 cm³/mol. The number of nitrogens with one attached hydrogen (secondary N) is 2. The minimum absolute atomic E-state index is 0.0310. The van der Waals surface area contributed by atoms with Crippen molar-refractivity contribution in [2.75, 3.05) is 5.32 Å². The first-order valence-electron chi connectivity index (χ1n) is 12.9. The van der Waals surface area contributed by atoms with E-state index in [1.807, 2.05) is 47.4 Å². The van der Waals surface area contributed by atoms with Gasteiger partial charge >= 0.3 is 0 Å². The third-order valence-electron chi connectivity index (χ3n) is 8.57. The molecule has 0 aromatic heterocycles. The number of likely N-dealkylation sites (tertiary alicyclic amines) is 1. The zero-order valence-corrected chi connectivity index (χ0v) is 19.4. The van der Waals surface area contributed by atoms with Crippen LogP contribution in [0.25, 0.3) is 0 Å². The van der Waals surface area contributed by atoms with E-state index in [0.717, 1.165) is 51.4 Å². The molecule has 5 atom stereocenters. The molecule has 7 nitrogen and oxygen atoms in total. The highest BCUT2D eigenvalue weighted by Crippen LogP contribution is 2.56. The Morgan fingerprint density at radius 1 is 0.941 bits per heavy atom. The molecule has 3 aliphatic heterocycles. The molecule has 2 bridgehead atoms. The molecule has 3 amide bonds. The van der Waals surface area contributed by atoms with Crippen LogP contribution in [-0.2, 0) is 19.1 Å². The first-order valence-corrected chi connectivity index (χ1v) is 12.9. The Morgan fingerprint density at radius 3 is 2.38 bits per heavy atom. The topological polar surface area (TPSA) is 87.7 Å². The van der Waals surface area contributed by atoms with Crippen LogP contribution in [-0.4, -0.2) is 52.5 Å². The van der Waals surface area contributed by atoms with Crippen LogP contribution in [0.4, 0.5) is 5.69 Å². The highest BCUT2D eigenvalue weighted by Gasteiger charge is 2.73. The molecular formula is C27H33N3O4. The minimum atomic E-state index is -1.07. The van der Waals surface area contributed by atoms with Gasteiger partial charge in [-0.3, -0.25) is 14.4 Å². The summed E-state index contributed by atoms with van der Waals surface area (Å²) in [5.74, 6) is -1.76. The van der Waals surface area contributed by atoms with E-state index >= 15 is 0 Å². The lowest BCUT2D eigenvalue weighted by molar-refractivity contribution is -0.144. The second-order valence-corrected chi connectivity index (χ2v) is 10.6. The number of carbonyl (C=O) groups excluding carboxylic acids is 3. The van der Waals surface area contributed by atoms with E-state index in [-0.39, 0.29) is 29.8 Å². The van der Waals surface area contributed by atoms with Gasteiger partial charge in [-0.2, -0.15) is 0 Å². The lowest BCUT2D eigenvalue weighted by Crippen LogP contribution is -2.58. The molecule has 2 saturated heterocycles. The third kappa shape index (κ3) is 3.39. The largest absolute Gasteiger partial charge is 0.359 e. The summed E-state index contributed by atoms with van der Waals surface area (Å²) in [6.07, 6.45) is 12.6. The fraction of sp³-hybridized carbons (Fsp3) is 0.593. The number of benzene rings is 1. The summed E-state index contributed by atoms with van der Waals surface area (Å²) in [5, 5.41) is 6.23. The Kier molecular flexibility index (Phi) is 5.47. The lowest BCUT2D eigenvalue weighted by atomic mass is 9.74. The van der Waals surface area contributed by atoms with Gasteiger partial charge in [0, 0.05) is 17.8 Å². The molecule has 1 aromatic rings. The van der Waals surface area contributed by atoms with Gasteiger partial charge in [0.05, 0.1) is 17.9 Å². The van der Waals surface area contributed by atoms with Crippen molar-refractivity contribution < 1.29 is 19.1 Å². The van der Waals surface area contributed by atoms with Gasteiger partial charge in [0.15, 0.2) is 0 Å². The normalized spacial score (nSPS) is 35.1. The van der Waals surface area contributed by atoms with Crippen LogP contribution in [0.3, 0.4) is 0 Å². The average molecular weight is 464 g/mol. The number of ether oxygens (including phenoxy) is 1. The summed E-state index contributed by atoms with van der Waals surface area (Å²) < 4.78 is 6.44. The fourth-order valence-electron chi connectivity index (χ4n) is 7.06. The summed E-state index contributed by atoms with van der Waals surface area (Å²) in [6, 6.07) is 8.75. The molecule has 6 rings (SSSR count). The van der Waals surface area contributed by atoms with Crippen LogP contribution in [0, 0.1) is 11.8 Å². The summed E-state index contributed by atoms with van der Waals surface area (Å²) in [6.45, 7) is 0. The molecule has 3 heterocycles. The molecule has 4 fully saturated rings. The molecule has 34 heavy (non-hydrogen) atoms. The van der Waals surface area contributed by atoms with Gasteiger partial charge < -0.3 is 20.3 Å². The highest BCUT2D eigenvalue weighted by atomic mass is 16.5. The summed E-state index contributed by atoms with van der Waals surface area (Å²) in [5.41, 5.74) is -0.375. The number of anilines is 1. The molecule has 0 radical (unpaired) electrons. The maximum absolute atomic E-state index is 14.0. The monoisotopic (exact) mass is 463 g/mol. The van der Waals surface area contributed by atoms with Gasteiger partial charge in [0.2, 0.25) is 17.7 Å². The number of rotatable bonds is 5. The summed E-state index contributed by atoms with van der Waals surface area (Å²) >= 11 is 0. The first-order chi connectivity index (χ1) is 16.6. The van der Waals surface area contributed by atoms with Crippen molar-refractivity contribution in [2.45, 2.75) is 87.6 Å². The first kappa shape index (κ1) is 21.8. The molecule has 2 N–H and O–H groups in total. The number of para-hydroxylation sites is 1. The maximum Gasteiger partial charge on any atom is 0.246 e. The molecule has 2 saturated carbocycles. The second-order valence-electron chi connectivity index (χ2n) is 10.6. The Morgan fingerprint density at radius 2 is 1.65 bits per heavy atom. The SMILES string of the molecule is O=C(Nc1ccccc1)[C@H]1[C@@H]2C=C[C@]3(O2)[C@@H]1C(=O)N(C1CCCC1)[C@@H]3C(=O)NC1CCCCC1. The Labute approximate surface area is 200 Å². The molecule has 7 heteroatoms. The van der Waals surface area contributed by atoms with Crippen molar-refractivity contribution in [1.82, 2.24) is 10.2 Å². The molecule has 0 unspecified atom stereocenters. The van der Waals surface area contributed by atoms with Crippen molar-refractivity contribution >= 4 is 23.4 Å². The maximum atomic E-state index is 14.0. The average Bonchev–Trinajstić information content (AvgIpc) is 3.62. The predicted octanol–water partition coefficient (Wildman–Crippen LogP) is 3.17. The number of hydrogen-bond donors (Lipinski definition) is 2. The quantitative estimate of drug-likeness (QED) is 0.657. The van der Waals surface area contributed by atoms with Crippen LogP contribution in [0.1, 0.15) is 57.8 Å². The number of hydrogen-bond acceptors (Lipinski definition) is 4. The zero-order chi connectivity index (χ0) is 23.3. The number of amides is 3. The molecule has 1 aromatic carbocycles.